The number of nitrogens with zero attached hydrogens (tertiary/aromatic N) is 2. The van der Waals surface area contributed by atoms with Crippen LogP contribution in [0.5, 0.6) is 11.5 Å². The molecule has 35 heavy (non-hydrogen) atoms. The van der Waals surface area contributed by atoms with Crippen LogP contribution in [0.2, 0.25) is 0 Å². The van der Waals surface area contributed by atoms with E-state index in [1.807, 2.05) is 6.92 Å². The predicted octanol–water partition coefficient (Wildman–Crippen LogP) is 4.64. The molecule has 180 valence electrons. The molecule has 1 fully saturated rings. The quantitative estimate of drug-likeness (QED) is 0.290. The average molecular weight is 477 g/mol. The van der Waals surface area contributed by atoms with E-state index in [0.717, 1.165) is 18.1 Å². The minimum Gasteiger partial charge on any atom is -0.507 e. The van der Waals surface area contributed by atoms with Gasteiger partial charge in [0.15, 0.2) is 11.6 Å². The second-order valence-electron chi connectivity index (χ2n) is 8.05. The van der Waals surface area contributed by atoms with Crippen LogP contribution in [-0.2, 0) is 16.1 Å². The molecule has 1 aromatic heterocycles. The van der Waals surface area contributed by atoms with E-state index in [9.17, 15) is 19.1 Å². The number of likely N-dealkylation sites (tertiary alicyclic amines) is 1. The minimum atomic E-state index is -0.881. The summed E-state index contributed by atoms with van der Waals surface area (Å²) in [4.78, 5) is 31.7. The lowest BCUT2D eigenvalue weighted by Crippen LogP contribution is -2.29. The summed E-state index contributed by atoms with van der Waals surface area (Å²) in [5, 5.41) is 11.1. The Balaban J connectivity index is 1.81. The molecule has 1 aliphatic heterocycles. The number of methoxy groups -OCH3 is 1. The number of ketones is 1. The highest BCUT2D eigenvalue weighted by molar-refractivity contribution is 6.46. The van der Waals surface area contributed by atoms with Crippen molar-refractivity contribution in [1.29, 1.82) is 0 Å². The van der Waals surface area contributed by atoms with Gasteiger partial charge >= 0.3 is 0 Å². The zero-order chi connectivity index (χ0) is 24.9. The van der Waals surface area contributed by atoms with E-state index in [-0.39, 0.29) is 23.4 Å². The van der Waals surface area contributed by atoms with Gasteiger partial charge in [-0.15, -0.1) is 0 Å². The monoisotopic (exact) mass is 476 g/mol. The maximum absolute atomic E-state index is 14.4. The number of aromatic nitrogens is 1. The summed E-state index contributed by atoms with van der Waals surface area (Å²) in [5.74, 6) is -2.11. The van der Waals surface area contributed by atoms with Gasteiger partial charge in [-0.3, -0.25) is 14.6 Å². The van der Waals surface area contributed by atoms with Crippen LogP contribution in [0.4, 0.5) is 4.39 Å². The average Bonchev–Trinajstić information content (AvgIpc) is 3.12. The molecule has 0 radical (unpaired) electrons. The molecule has 0 spiro atoms. The molecule has 1 saturated heterocycles. The summed E-state index contributed by atoms with van der Waals surface area (Å²) in [6.07, 6.45) is 4.05. The number of Topliss-reactive ketones (excluding diaryl/α,β-unsaturated/α-hetero) is 1. The Morgan fingerprint density at radius 1 is 1.09 bits per heavy atom. The molecular formula is C27H25FN2O5. The topological polar surface area (TPSA) is 89.0 Å². The van der Waals surface area contributed by atoms with Gasteiger partial charge in [-0.05, 0) is 60.0 Å². The van der Waals surface area contributed by atoms with Crippen molar-refractivity contribution in [3.05, 3.63) is 95.1 Å². The van der Waals surface area contributed by atoms with E-state index in [1.165, 1.54) is 24.1 Å². The maximum atomic E-state index is 14.4. The highest BCUT2D eigenvalue weighted by atomic mass is 19.1. The van der Waals surface area contributed by atoms with Crippen LogP contribution >= 0.6 is 0 Å². The lowest BCUT2D eigenvalue weighted by atomic mass is 9.95. The lowest BCUT2D eigenvalue weighted by Gasteiger charge is -2.25. The molecule has 1 amide bonds. The third-order valence-electron chi connectivity index (χ3n) is 5.74. The molecule has 1 N–H and O–H groups in total. The Morgan fingerprint density at radius 3 is 2.43 bits per heavy atom. The molecule has 0 bridgehead atoms. The fraction of sp³-hybridized carbons (Fsp3) is 0.222. The van der Waals surface area contributed by atoms with Crippen LogP contribution < -0.4 is 9.47 Å². The third kappa shape index (κ3) is 4.87. The smallest absolute Gasteiger partial charge is 0.295 e. The highest BCUT2D eigenvalue weighted by Gasteiger charge is 2.46. The van der Waals surface area contributed by atoms with Crippen LogP contribution in [0.15, 0.2) is 72.6 Å². The highest BCUT2D eigenvalue weighted by Crippen LogP contribution is 2.41. The number of carbonyl (C=O) groups excluding carboxylic acids is 2. The maximum Gasteiger partial charge on any atom is 0.295 e. The molecule has 8 heteroatoms. The zero-order valence-electron chi connectivity index (χ0n) is 19.4. The number of hydrogen-bond donors (Lipinski definition) is 1. The van der Waals surface area contributed by atoms with Gasteiger partial charge in [0.1, 0.15) is 11.5 Å². The second-order valence-corrected chi connectivity index (χ2v) is 8.05. The normalized spacial score (nSPS) is 17.0. The molecule has 3 aromatic rings. The minimum absolute atomic E-state index is 0.00101. The van der Waals surface area contributed by atoms with Crippen molar-refractivity contribution in [1.82, 2.24) is 9.88 Å². The predicted molar refractivity (Wildman–Crippen MR) is 127 cm³/mol. The number of ether oxygens (including phenoxy) is 2. The molecule has 1 aliphatic rings. The van der Waals surface area contributed by atoms with Gasteiger partial charge in [-0.2, -0.15) is 0 Å². The largest absolute Gasteiger partial charge is 0.507 e. The summed E-state index contributed by atoms with van der Waals surface area (Å²) in [6, 6.07) is 13.5. The van der Waals surface area contributed by atoms with E-state index in [4.69, 9.17) is 9.47 Å². The van der Waals surface area contributed by atoms with E-state index in [1.54, 1.807) is 48.8 Å². The van der Waals surface area contributed by atoms with Crippen molar-refractivity contribution in [2.45, 2.75) is 25.9 Å². The van der Waals surface area contributed by atoms with Gasteiger partial charge in [-0.1, -0.05) is 19.1 Å². The Labute approximate surface area is 202 Å². The van der Waals surface area contributed by atoms with Crippen LogP contribution in [0.25, 0.3) is 5.76 Å². The molecule has 4 rings (SSSR count). The third-order valence-corrected chi connectivity index (χ3v) is 5.74. The van der Waals surface area contributed by atoms with Gasteiger partial charge in [-0.25, -0.2) is 4.39 Å². The van der Waals surface area contributed by atoms with E-state index < -0.39 is 29.3 Å². The fourth-order valence-electron chi connectivity index (χ4n) is 4.01. The zero-order valence-corrected chi connectivity index (χ0v) is 19.4. The van der Waals surface area contributed by atoms with Gasteiger partial charge in [0, 0.05) is 24.5 Å². The standard InChI is InChI=1S/C27H25FN2O5/c1-3-14-35-20-7-4-18(5-8-20)24-23(25(31)19-6-9-22(34-2)21(28)15-19)26(32)27(33)30(24)16-17-10-12-29-13-11-17/h4-13,15,24,31H,3,14,16H2,1-2H3/t24-/m0/s1. The van der Waals surface area contributed by atoms with E-state index in [2.05, 4.69) is 4.98 Å². The molecule has 0 saturated carbocycles. The van der Waals surface area contributed by atoms with Crippen molar-refractivity contribution in [2.75, 3.05) is 13.7 Å². The molecule has 0 aliphatic carbocycles. The molecule has 2 aromatic carbocycles. The summed E-state index contributed by atoms with van der Waals surface area (Å²) < 4.78 is 24.9. The molecular weight excluding hydrogens is 451 g/mol. The van der Waals surface area contributed by atoms with Crippen molar-refractivity contribution in [3.8, 4) is 11.5 Å². The number of carbonyl (C=O) groups is 2. The molecule has 2 heterocycles. The van der Waals surface area contributed by atoms with E-state index in [0.29, 0.717) is 17.9 Å². The number of aliphatic hydroxyl groups excluding tert-OH is 1. The number of rotatable bonds is 8. The van der Waals surface area contributed by atoms with Gasteiger partial charge in [0.25, 0.3) is 11.7 Å². The number of hydrogen-bond acceptors (Lipinski definition) is 6. The van der Waals surface area contributed by atoms with Crippen LogP contribution in [0.1, 0.15) is 36.1 Å². The summed E-state index contributed by atoms with van der Waals surface area (Å²) in [6.45, 7) is 2.69. The van der Waals surface area contributed by atoms with Crippen LogP contribution in [-0.4, -0.2) is 40.4 Å². The number of amides is 1. The van der Waals surface area contributed by atoms with Crippen LogP contribution in [0, 0.1) is 5.82 Å². The molecule has 1 atom stereocenters. The SMILES string of the molecule is CCCOc1ccc([C@H]2C(=C(O)c3ccc(OC)c(F)c3)C(=O)C(=O)N2Cc2ccncc2)cc1. The first-order valence-electron chi connectivity index (χ1n) is 11.2. The van der Waals surface area contributed by atoms with Crippen molar-refractivity contribution in [3.63, 3.8) is 0 Å². The first-order chi connectivity index (χ1) is 16.9. The first kappa shape index (κ1) is 23.9. The van der Waals surface area contributed by atoms with Crippen molar-refractivity contribution < 1.29 is 28.6 Å². The second kappa shape index (κ2) is 10.4. The fourth-order valence-corrected chi connectivity index (χ4v) is 4.01. The lowest BCUT2D eigenvalue weighted by molar-refractivity contribution is -0.140. The summed E-state index contributed by atoms with van der Waals surface area (Å²) in [5.41, 5.74) is 1.33. The number of halogens is 1. The van der Waals surface area contributed by atoms with Crippen LogP contribution in [0.3, 0.4) is 0 Å². The Bertz CT molecular complexity index is 1260. The Kier molecular flexibility index (Phi) is 7.10. The number of pyridine rings is 1. The first-order valence-corrected chi connectivity index (χ1v) is 11.2. The number of benzene rings is 2. The van der Waals surface area contributed by atoms with Gasteiger partial charge < -0.3 is 19.5 Å². The van der Waals surface area contributed by atoms with Crippen molar-refractivity contribution >= 4 is 17.4 Å². The van der Waals surface area contributed by atoms with Crippen molar-refractivity contribution in [2.24, 2.45) is 0 Å². The number of aliphatic hydroxyl groups is 1. The molecule has 0 unspecified atom stereocenters. The Hall–Kier alpha value is -4.20. The van der Waals surface area contributed by atoms with Gasteiger partial charge in [0.2, 0.25) is 0 Å². The summed E-state index contributed by atoms with van der Waals surface area (Å²) in [7, 11) is 1.33. The molecule has 7 nitrogen and oxygen atoms in total. The van der Waals surface area contributed by atoms with E-state index >= 15 is 0 Å². The summed E-state index contributed by atoms with van der Waals surface area (Å²) >= 11 is 0. The Morgan fingerprint density at radius 2 is 1.80 bits per heavy atom. The van der Waals surface area contributed by atoms with Gasteiger partial charge in [0.05, 0.1) is 25.3 Å².